The summed E-state index contributed by atoms with van der Waals surface area (Å²) in [5.41, 5.74) is 2.44. The number of pyridine rings is 1. The lowest BCUT2D eigenvalue weighted by Gasteiger charge is -2.41. The summed E-state index contributed by atoms with van der Waals surface area (Å²) in [6.45, 7) is 2.49. The third-order valence-corrected chi connectivity index (χ3v) is 8.69. The van der Waals surface area contributed by atoms with Crippen molar-refractivity contribution in [3.05, 3.63) is 48.2 Å². The number of anilines is 1. The zero-order chi connectivity index (χ0) is 24.7. The van der Waals surface area contributed by atoms with E-state index in [1.165, 1.54) is 0 Å². The quantitative estimate of drug-likeness (QED) is 0.669. The molecule has 6 rings (SSSR count). The first kappa shape index (κ1) is 23.5. The molecular formula is C29H36N4O3. The zero-order valence-corrected chi connectivity index (χ0v) is 20.9. The number of nitrogens with zero attached hydrogens (tertiary/aromatic N) is 3. The predicted molar refractivity (Wildman–Crippen MR) is 139 cm³/mol. The molecule has 4 aliphatic rings. The molecule has 7 heteroatoms. The molecule has 0 bridgehead atoms. The van der Waals surface area contributed by atoms with Crippen LogP contribution < -0.4 is 10.2 Å². The first-order chi connectivity index (χ1) is 17.5. The van der Waals surface area contributed by atoms with Crippen LogP contribution in [0.2, 0.25) is 0 Å². The Morgan fingerprint density at radius 2 is 1.69 bits per heavy atom. The van der Waals surface area contributed by atoms with Crippen molar-refractivity contribution in [3.63, 3.8) is 0 Å². The van der Waals surface area contributed by atoms with Gasteiger partial charge in [0.05, 0.1) is 11.5 Å². The highest BCUT2D eigenvalue weighted by Gasteiger charge is 2.50. The lowest BCUT2D eigenvalue weighted by atomic mass is 9.78. The van der Waals surface area contributed by atoms with Gasteiger partial charge in [-0.15, -0.1) is 0 Å². The van der Waals surface area contributed by atoms with Crippen LogP contribution in [0.5, 0.6) is 0 Å². The highest BCUT2D eigenvalue weighted by atomic mass is 16.3. The largest absolute Gasteiger partial charge is 0.393 e. The molecule has 190 valence electrons. The van der Waals surface area contributed by atoms with E-state index >= 15 is 0 Å². The molecule has 2 aliphatic carbocycles. The van der Waals surface area contributed by atoms with Crippen LogP contribution in [0.1, 0.15) is 68.1 Å². The topological polar surface area (TPSA) is 85.8 Å². The molecule has 2 amide bonds. The number of piperidine rings is 1. The van der Waals surface area contributed by atoms with E-state index < -0.39 is 0 Å². The Morgan fingerprint density at radius 3 is 2.39 bits per heavy atom. The average Bonchev–Trinajstić information content (AvgIpc) is 3.68. The van der Waals surface area contributed by atoms with Crippen LogP contribution in [0.15, 0.2) is 42.6 Å². The van der Waals surface area contributed by atoms with Gasteiger partial charge in [-0.05, 0) is 87.6 Å². The Morgan fingerprint density at radius 1 is 0.944 bits per heavy atom. The molecule has 2 saturated carbocycles. The molecule has 1 atom stereocenters. The molecule has 2 aliphatic heterocycles. The van der Waals surface area contributed by atoms with Crippen LogP contribution >= 0.6 is 0 Å². The van der Waals surface area contributed by atoms with E-state index in [2.05, 4.69) is 27.2 Å². The Labute approximate surface area is 212 Å². The van der Waals surface area contributed by atoms with E-state index in [-0.39, 0.29) is 17.4 Å². The van der Waals surface area contributed by atoms with Crippen molar-refractivity contribution in [2.24, 2.45) is 5.41 Å². The van der Waals surface area contributed by atoms with Gasteiger partial charge in [0.15, 0.2) is 0 Å². The summed E-state index contributed by atoms with van der Waals surface area (Å²) >= 11 is 0. The van der Waals surface area contributed by atoms with Crippen LogP contribution in [-0.4, -0.2) is 64.6 Å². The fourth-order valence-electron chi connectivity index (χ4n) is 6.33. The van der Waals surface area contributed by atoms with Crippen molar-refractivity contribution in [1.29, 1.82) is 0 Å². The number of aromatic nitrogens is 1. The first-order valence-electron chi connectivity index (χ1n) is 13.6. The van der Waals surface area contributed by atoms with Crippen LogP contribution in [0.4, 0.5) is 5.82 Å². The molecule has 1 aromatic carbocycles. The normalized spacial score (nSPS) is 28.5. The average molecular weight is 489 g/mol. The number of carbonyl (C=O) groups excluding carboxylic acids is 2. The van der Waals surface area contributed by atoms with Crippen molar-refractivity contribution < 1.29 is 14.7 Å². The van der Waals surface area contributed by atoms with Crippen LogP contribution in [0.25, 0.3) is 11.1 Å². The van der Waals surface area contributed by atoms with Gasteiger partial charge in [0.2, 0.25) is 5.91 Å². The summed E-state index contributed by atoms with van der Waals surface area (Å²) in [4.78, 5) is 35.0. The van der Waals surface area contributed by atoms with Crippen molar-refractivity contribution in [2.45, 2.75) is 76.0 Å². The van der Waals surface area contributed by atoms with Crippen molar-refractivity contribution in [2.75, 3.05) is 24.5 Å². The molecule has 2 aromatic rings. The molecule has 2 N–H and O–H groups in total. The summed E-state index contributed by atoms with van der Waals surface area (Å²) in [5.74, 6) is 1.24. The monoisotopic (exact) mass is 488 g/mol. The second-order valence-corrected chi connectivity index (χ2v) is 11.2. The zero-order valence-electron chi connectivity index (χ0n) is 20.9. The van der Waals surface area contributed by atoms with E-state index in [0.29, 0.717) is 23.6 Å². The van der Waals surface area contributed by atoms with Crippen LogP contribution in [0, 0.1) is 5.41 Å². The summed E-state index contributed by atoms with van der Waals surface area (Å²) < 4.78 is 0. The molecule has 4 fully saturated rings. The maximum Gasteiger partial charge on any atom is 0.251 e. The number of rotatable bonds is 5. The lowest BCUT2D eigenvalue weighted by molar-refractivity contribution is -0.139. The molecule has 0 unspecified atom stereocenters. The highest BCUT2D eigenvalue weighted by Crippen LogP contribution is 2.43. The summed E-state index contributed by atoms with van der Waals surface area (Å²) in [6, 6.07) is 12.5. The standard InChI is InChI=1S/C29H36N4O3/c34-25-11-9-24(10-12-25)33-17-15-29(28(33)36)14-1-16-32(19-29)26-13-6-22(18-30-26)20-2-4-21(5-3-20)27(35)31-23-7-8-23/h2-6,13,18,23-25,34H,1,7-12,14-17,19H2,(H,31,35)/t24?,25?,29-/m1/s1. The number of hydrogen-bond acceptors (Lipinski definition) is 5. The molecule has 3 heterocycles. The molecular weight excluding hydrogens is 452 g/mol. The maximum atomic E-state index is 13.6. The Hall–Kier alpha value is -2.93. The van der Waals surface area contributed by atoms with E-state index in [1.807, 2.05) is 30.5 Å². The number of benzene rings is 1. The van der Waals surface area contributed by atoms with Crippen molar-refractivity contribution >= 4 is 17.6 Å². The van der Waals surface area contributed by atoms with Crippen LogP contribution in [0.3, 0.4) is 0 Å². The number of aliphatic hydroxyl groups excluding tert-OH is 1. The molecule has 1 aromatic heterocycles. The van der Waals surface area contributed by atoms with E-state index in [1.54, 1.807) is 0 Å². The SMILES string of the molecule is O=C(NC1CC1)c1ccc(-c2ccc(N3CCC[C@@]4(CCN(C5CCC(O)CC5)C4=O)C3)nc2)cc1. The second-order valence-electron chi connectivity index (χ2n) is 11.2. The van der Waals surface area contributed by atoms with E-state index in [9.17, 15) is 14.7 Å². The van der Waals surface area contributed by atoms with Gasteiger partial charge in [0.25, 0.3) is 5.91 Å². The second kappa shape index (κ2) is 9.51. The number of nitrogens with one attached hydrogen (secondary N) is 1. The number of likely N-dealkylation sites (tertiary alicyclic amines) is 1. The number of hydrogen-bond donors (Lipinski definition) is 2. The molecule has 0 radical (unpaired) electrons. The van der Waals surface area contributed by atoms with E-state index in [0.717, 1.165) is 94.4 Å². The molecule has 1 spiro atoms. The van der Waals surface area contributed by atoms with Crippen LogP contribution in [-0.2, 0) is 4.79 Å². The van der Waals surface area contributed by atoms with E-state index in [4.69, 9.17) is 4.98 Å². The Balaban J connectivity index is 1.11. The maximum absolute atomic E-state index is 13.6. The summed E-state index contributed by atoms with van der Waals surface area (Å²) in [6.07, 6.45) is 10.2. The lowest BCUT2D eigenvalue weighted by Crippen LogP contribution is -2.50. The van der Waals surface area contributed by atoms with Gasteiger partial charge in [0.1, 0.15) is 5.82 Å². The highest BCUT2D eigenvalue weighted by molar-refractivity contribution is 5.95. The van der Waals surface area contributed by atoms with Gasteiger partial charge in [-0.25, -0.2) is 4.98 Å². The van der Waals surface area contributed by atoms with Gasteiger partial charge in [-0.1, -0.05) is 12.1 Å². The summed E-state index contributed by atoms with van der Waals surface area (Å²) in [7, 11) is 0. The van der Waals surface area contributed by atoms with Gasteiger partial charge in [0, 0.05) is 49.0 Å². The predicted octanol–water partition coefficient (Wildman–Crippen LogP) is 3.76. The molecule has 36 heavy (non-hydrogen) atoms. The van der Waals surface area contributed by atoms with Gasteiger partial charge in [-0.2, -0.15) is 0 Å². The number of carbonyl (C=O) groups is 2. The number of aliphatic hydroxyl groups is 1. The van der Waals surface area contributed by atoms with Gasteiger partial charge < -0.3 is 20.2 Å². The van der Waals surface area contributed by atoms with Crippen molar-refractivity contribution in [1.82, 2.24) is 15.2 Å². The minimum atomic E-state index is -0.300. The minimum absolute atomic E-state index is 0.00217. The fourth-order valence-corrected chi connectivity index (χ4v) is 6.33. The fraction of sp³-hybridized carbons (Fsp3) is 0.552. The van der Waals surface area contributed by atoms with Gasteiger partial charge >= 0.3 is 0 Å². The molecule has 7 nitrogen and oxygen atoms in total. The third kappa shape index (κ3) is 4.61. The van der Waals surface area contributed by atoms with Gasteiger partial charge in [-0.3, -0.25) is 9.59 Å². The molecule has 2 saturated heterocycles. The first-order valence-corrected chi connectivity index (χ1v) is 13.6. The summed E-state index contributed by atoms with van der Waals surface area (Å²) in [5, 5.41) is 12.9. The smallest absolute Gasteiger partial charge is 0.251 e. The third-order valence-electron chi connectivity index (χ3n) is 8.69. The number of amides is 2. The minimum Gasteiger partial charge on any atom is -0.393 e. The Kier molecular flexibility index (Phi) is 6.20. The van der Waals surface area contributed by atoms with Crippen molar-refractivity contribution in [3.8, 4) is 11.1 Å². The Bertz CT molecular complexity index is 1110.